The molecule has 0 aliphatic carbocycles. The van der Waals surface area contributed by atoms with E-state index in [-0.39, 0.29) is 5.91 Å². The van der Waals surface area contributed by atoms with Crippen LogP contribution >= 0.6 is 23.4 Å². The lowest BCUT2D eigenvalue weighted by Gasteiger charge is -2.16. The number of ether oxygens (including phenoxy) is 1. The van der Waals surface area contributed by atoms with Crippen LogP contribution in [0.5, 0.6) is 5.75 Å². The van der Waals surface area contributed by atoms with E-state index >= 15 is 0 Å². The number of methoxy groups -OCH3 is 1. The molecule has 0 fully saturated rings. The third-order valence-electron chi connectivity index (χ3n) is 4.00. The Morgan fingerprint density at radius 3 is 2.44 bits per heavy atom. The van der Waals surface area contributed by atoms with Crippen molar-refractivity contribution in [2.75, 3.05) is 18.2 Å². The van der Waals surface area contributed by atoms with Gasteiger partial charge in [0.2, 0.25) is 5.91 Å². The van der Waals surface area contributed by atoms with E-state index in [0.29, 0.717) is 11.4 Å². The molecular formula is C20H24ClNO2S. The maximum Gasteiger partial charge on any atom is 0.225 e. The molecule has 1 amide bonds. The van der Waals surface area contributed by atoms with E-state index in [0.717, 1.165) is 46.1 Å². The molecule has 1 N–H and O–H groups in total. The van der Waals surface area contributed by atoms with E-state index in [1.165, 1.54) is 0 Å². The molecule has 5 heteroatoms. The van der Waals surface area contributed by atoms with Crippen LogP contribution in [-0.4, -0.2) is 18.8 Å². The zero-order chi connectivity index (χ0) is 18.2. The molecule has 0 aromatic heterocycles. The maximum atomic E-state index is 12.4. The fraction of sp³-hybridized carbons (Fsp3) is 0.350. The van der Waals surface area contributed by atoms with Crippen molar-refractivity contribution < 1.29 is 9.53 Å². The van der Waals surface area contributed by atoms with E-state index < -0.39 is 0 Å². The number of anilines is 1. The number of amides is 1. The van der Waals surface area contributed by atoms with Gasteiger partial charge in [-0.3, -0.25) is 4.79 Å². The van der Waals surface area contributed by atoms with Crippen LogP contribution in [0, 0.1) is 0 Å². The van der Waals surface area contributed by atoms with Gasteiger partial charge in [0.25, 0.3) is 0 Å². The quantitative estimate of drug-likeness (QED) is 0.609. The van der Waals surface area contributed by atoms with Crippen LogP contribution < -0.4 is 10.1 Å². The first kappa shape index (κ1) is 19.7. The van der Waals surface area contributed by atoms with Crippen molar-refractivity contribution in [3.05, 3.63) is 52.5 Å². The highest BCUT2D eigenvalue weighted by atomic mass is 35.5. The molecule has 0 unspecified atom stereocenters. The largest absolute Gasteiger partial charge is 0.497 e. The number of aryl methyl sites for hydroxylation is 1. The summed E-state index contributed by atoms with van der Waals surface area (Å²) in [7, 11) is 1.65. The smallest absolute Gasteiger partial charge is 0.225 e. The van der Waals surface area contributed by atoms with Crippen LogP contribution in [0.1, 0.15) is 31.4 Å². The third kappa shape index (κ3) is 5.41. The first-order chi connectivity index (χ1) is 12.1. The topological polar surface area (TPSA) is 38.3 Å². The fourth-order valence-electron chi connectivity index (χ4n) is 2.60. The number of nitrogens with one attached hydrogen (secondary N) is 1. The molecule has 0 bridgehead atoms. The molecule has 3 nitrogen and oxygen atoms in total. The number of carbonyl (C=O) groups excluding carboxylic acids is 1. The van der Waals surface area contributed by atoms with Crippen molar-refractivity contribution in [3.8, 4) is 5.75 Å². The average Bonchev–Trinajstić information content (AvgIpc) is 2.63. The molecule has 2 rings (SSSR count). The minimum absolute atomic E-state index is 0.0210. The second-order valence-electron chi connectivity index (χ2n) is 5.59. The summed E-state index contributed by atoms with van der Waals surface area (Å²) >= 11 is 7.94. The number of thioether (sulfide) groups is 1. The second kappa shape index (κ2) is 9.73. The van der Waals surface area contributed by atoms with E-state index in [2.05, 4.69) is 19.2 Å². The van der Waals surface area contributed by atoms with E-state index in [9.17, 15) is 4.79 Å². The van der Waals surface area contributed by atoms with Crippen LogP contribution in [0.4, 0.5) is 5.69 Å². The highest BCUT2D eigenvalue weighted by Gasteiger charge is 2.13. The highest BCUT2D eigenvalue weighted by Crippen LogP contribution is 2.30. The first-order valence-electron chi connectivity index (χ1n) is 8.46. The predicted octanol–water partition coefficient (Wildman–Crippen LogP) is 5.59. The molecule has 134 valence electrons. The lowest BCUT2D eigenvalue weighted by molar-refractivity contribution is -0.115. The van der Waals surface area contributed by atoms with Gasteiger partial charge < -0.3 is 10.1 Å². The Kier molecular flexibility index (Phi) is 7.66. The summed E-state index contributed by atoms with van der Waals surface area (Å²) < 4.78 is 5.15. The highest BCUT2D eigenvalue weighted by molar-refractivity contribution is 7.99. The molecule has 0 spiro atoms. The monoisotopic (exact) mass is 377 g/mol. The van der Waals surface area contributed by atoms with E-state index in [1.54, 1.807) is 18.9 Å². The second-order valence-corrected chi connectivity index (χ2v) is 7.16. The molecular weight excluding hydrogens is 354 g/mol. The molecule has 0 aliphatic rings. The zero-order valence-corrected chi connectivity index (χ0v) is 16.5. The van der Waals surface area contributed by atoms with Crippen LogP contribution in [-0.2, 0) is 17.6 Å². The van der Waals surface area contributed by atoms with E-state index in [1.807, 2.05) is 36.4 Å². The summed E-state index contributed by atoms with van der Waals surface area (Å²) in [6.45, 7) is 4.13. The number of rotatable bonds is 8. The molecule has 25 heavy (non-hydrogen) atoms. The summed E-state index contributed by atoms with van der Waals surface area (Å²) in [5.74, 6) is 1.58. The molecule has 0 saturated carbocycles. The first-order valence-corrected chi connectivity index (χ1v) is 9.82. The van der Waals surface area contributed by atoms with Gasteiger partial charge in [0.1, 0.15) is 5.75 Å². The number of carbonyl (C=O) groups is 1. The van der Waals surface area contributed by atoms with Gasteiger partial charge in [0.15, 0.2) is 0 Å². The number of hydrogen-bond acceptors (Lipinski definition) is 3. The Morgan fingerprint density at radius 2 is 1.84 bits per heavy atom. The van der Waals surface area contributed by atoms with Gasteiger partial charge in [-0.25, -0.2) is 0 Å². The molecule has 0 saturated heterocycles. The average molecular weight is 378 g/mol. The Labute approximate surface area is 159 Å². The van der Waals surface area contributed by atoms with Crippen LogP contribution in [0.15, 0.2) is 41.3 Å². The predicted molar refractivity (Wildman–Crippen MR) is 107 cm³/mol. The van der Waals surface area contributed by atoms with Crippen LogP contribution in [0.25, 0.3) is 0 Å². The lowest BCUT2D eigenvalue weighted by atomic mass is 10.0. The van der Waals surface area contributed by atoms with Gasteiger partial charge in [0, 0.05) is 27.8 Å². The van der Waals surface area contributed by atoms with Gasteiger partial charge in [-0.05, 0) is 54.3 Å². The Bertz CT molecular complexity index is 716. The van der Waals surface area contributed by atoms with Gasteiger partial charge in [0.05, 0.1) is 7.11 Å². The summed E-state index contributed by atoms with van der Waals surface area (Å²) in [5.41, 5.74) is 3.02. The van der Waals surface area contributed by atoms with E-state index in [4.69, 9.17) is 16.3 Å². The zero-order valence-electron chi connectivity index (χ0n) is 14.9. The molecule has 2 aromatic carbocycles. The summed E-state index contributed by atoms with van der Waals surface area (Å²) in [5, 5.41) is 3.78. The maximum absolute atomic E-state index is 12.4. The van der Waals surface area contributed by atoms with Gasteiger partial charge in [-0.1, -0.05) is 31.5 Å². The molecule has 0 heterocycles. The van der Waals surface area contributed by atoms with Gasteiger partial charge in [-0.15, -0.1) is 11.8 Å². The summed E-state index contributed by atoms with van der Waals surface area (Å²) in [6, 6.07) is 11.8. The number of benzene rings is 2. The van der Waals surface area contributed by atoms with Crippen molar-refractivity contribution in [3.63, 3.8) is 0 Å². The molecule has 0 aliphatic heterocycles. The standard InChI is InChI=1S/C20H24ClNO2S/c1-4-14-6-11-18(21)17(5-2)20(14)22-19(23)12-13-25-16-9-7-15(24-3)8-10-16/h6-11H,4-5,12-13H2,1-3H3,(H,22,23). The summed E-state index contributed by atoms with van der Waals surface area (Å²) in [6.07, 6.45) is 2.11. The Hall–Kier alpha value is -1.65. The third-order valence-corrected chi connectivity index (χ3v) is 5.37. The molecule has 0 atom stereocenters. The van der Waals surface area contributed by atoms with Crippen molar-refractivity contribution in [1.29, 1.82) is 0 Å². The Morgan fingerprint density at radius 1 is 1.12 bits per heavy atom. The lowest BCUT2D eigenvalue weighted by Crippen LogP contribution is -2.15. The normalized spacial score (nSPS) is 10.6. The number of halogens is 1. The summed E-state index contributed by atoms with van der Waals surface area (Å²) in [4.78, 5) is 13.5. The minimum atomic E-state index is 0.0210. The number of hydrogen-bond donors (Lipinski definition) is 1. The van der Waals surface area contributed by atoms with Gasteiger partial charge >= 0.3 is 0 Å². The Balaban J connectivity index is 1.95. The molecule has 2 aromatic rings. The van der Waals surface area contributed by atoms with Crippen molar-refractivity contribution >= 4 is 35.0 Å². The SMILES string of the molecule is CCc1ccc(Cl)c(CC)c1NC(=O)CCSc1ccc(OC)cc1. The molecule has 0 radical (unpaired) electrons. The van der Waals surface area contributed by atoms with Gasteiger partial charge in [-0.2, -0.15) is 0 Å². The van der Waals surface area contributed by atoms with Crippen LogP contribution in [0.3, 0.4) is 0 Å². The van der Waals surface area contributed by atoms with Crippen molar-refractivity contribution in [2.24, 2.45) is 0 Å². The van der Waals surface area contributed by atoms with Crippen LogP contribution in [0.2, 0.25) is 5.02 Å². The fourth-order valence-corrected chi connectivity index (χ4v) is 3.75. The van der Waals surface area contributed by atoms with Crippen molar-refractivity contribution in [1.82, 2.24) is 0 Å². The van der Waals surface area contributed by atoms with Crippen molar-refractivity contribution in [2.45, 2.75) is 38.0 Å². The minimum Gasteiger partial charge on any atom is -0.497 e.